The first-order valence-corrected chi connectivity index (χ1v) is 7.99. The number of hydrogen-bond acceptors (Lipinski definition) is 4. The molecule has 4 nitrogen and oxygen atoms in total. The zero-order valence-corrected chi connectivity index (χ0v) is 13.9. The lowest BCUT2D eigenvalue weighted by Crippen LogP contribution is -2.35. The molecule has 2 aliphatic rings. The molecule has 2 fully saturated rings. The van der Waals surface area contributed by atoms with Crippen LogP contribution >= 0.6 is 0 Å². The van der Waals surface area contributed by atoms with E-state index in [9.17, 15) is 4.79 Å². The van der Waals surface area contributed by atoms with E-state index in [1.807, 2.05) is 20.8 Å². The molecule has 0 amide bonds. The smallest absolute Gasteiger partial charge is 0.313 e. The Morgan fingerprint density at radius 1 is 1.20 bits per heavy atom. The fraction of sp³-hybridized carbons (Fsp3) is 0.938. The minimum absolute atomic E-state index is 0.0682. The van der Waals surface area contributed by atoms with Crippen molar-refractivity contribution >= 4 is 5.97 Å². The van der Waals surface area contributed by atoms with Crippen molar-refractivity contribution in [2.75, 3.05) is 20.7 Å². The second-order valence-electron chi connectivity index (χ2n) is 6.86. The Labute approximate surface area is 123 Å². The quantitative estimate of drug-likeness (QED) is 0.408. The summed E-state index contributed by atoms with van der Waals surface area (Å²) in [6.07, 6.45) is 5.09. The maximum absolute atomic E-state index is 12.2. The third-order valence-corrected chi connectivity index (χ3v) is 5.31. The van der Waals surface area contributed by atoms with Gasteiger partial charge in [0.15, 0.2) is 0 Å². The Hall–Kier alpha value is -0.610. The van der Waals surface area contributed by atoms with Gasteiger partial charge in [-0.1, -0.05) is 26.2 Å². The molecule has 0 aromatic carbocycles. The average Bonchev–Trinajstić information content (AvgIpc) is 3.18. The molecular weight excluding hydrogens is 252 g/mol. The van der Waals surface area contributed by atoms with Gasteiger partial charge in [0.1, 0.15) is 5.66 Å². The lowest BCUT2D eigenvalue weighted by molar-refractivity contribution is -0.153. The highest BCUT2D eigenvalue weighted by molar-refractivity contribution is 5.78. The number of carbonyl (C=O) groups excluding carboxylic acids is 1. The summed E-state index contributed by atoms with van der Waals surface area (Å²) in [5.41, 5.74) is -0.303. The number of ether oxygens (including phenoxy) is 1. The second kappa shape index (κ2) is 5.30. The van der Waals surface area contributed by atoms with Crippen molar-refractivity contribution in [2.45, 2.75) is 71.1 Å². The van der Waals surface area contributed by atoms with E-state index in [2.05, 4.69) is 30.8 Å². The molecule has 2 heterocycles. The van der Waals surface area contributed by atoms with Crippen LogP contribution in [0.4, 0.5) is 0 Å². The first kappa shape index (κ1) is 15.8. The fourth-order valence-electron chi connectivity index (χ4n) is 4.21. The molecule has 2 rings (SSSR count). The van der Waals surface area contributed by atoms with Gasteiger partial charge in [-0.2, -0.15) is 0 Å². The number of rotatable bonds is 7. The molecule has 0 bridgehead atoms. The zero-order valence-electron chi connectivity index (χ0n) is 13.9. The van der Waals surface area contributed by atoms with E-state index < -0.39 is 5.41 Å². The fourth-order valence-corrected chi connectivity index (χ4v) is 4.21. The maximum Gasteiger partial charge on any atom is 0.313 e. The van der Waals surface area contributed by atoms with Crippen LogP contribution in [0.15, 0.2) is 0 Å². The summed E-state index contributed by atoms with van der Waals surface area (Å²) in [5.74, 6) is -0.0682. The van der Waals surface area contributed by atoms with Gasteiger partial charge < -0.3 is 4.74 Å². The summed E-state index contributed by atoms with van der Waals surface area (Å²) in [4.78, 5) is 17.0. The second-order valence-corrected chi connectivity index (χ2v) is 6.86. The summed E-state index contributed by atoms with van der Waals surface area (Å²) in [6, 6.07) is 0.892. The third-order valence-electron chi connectivity index (χ3n) is 5.31. The molecule has 20 heavy (non-hydrogen) atoms. The summed E-state index contributed by atoms with van der Waals surface area (Å²) < 4.78 is 5.26. The molecule has 0 aromatic heterocycles. The number of esters is 1. The van der Waals surface area contributed by atoms with Crippen LogP contribution in [0.1, 0.15) is 53.4 Å². The van der Waals surface area contributed by atoms with Crippen LogP contribution in [0.2, 0.25) is 0 Å². The molecule has 1 spiro atoms. The Morgan fingerprint density at radius 3 is 2.40 bits per heavy atom. The van der Waals surface area contributed by atoms with Crippen LogP contribution in [0.25, 0.3) is 0 Å². The van der Waals surface area contributed by atoms with Gasteiger partial charge in [-0.3, -0.25) is 14.6 Å². The van der Waals surface area contributed by atoms with Gasteiger partial charge in [0.25, 0.3) is 0 Å². The molecular formula is C16H30N2O2. The lowest BCUT2D eigenvalue weighted by Gasteiger charge is -2.21. The predicted octanol–water partition coefficient (Wildman–Crippen LogP) is 2.48. The van der Waals surface area contributed by atoms with Crippen molar-refractivity contribution in [3.05, 3.63) is 0 Å². The molecule has 0 N–H and O–H groups in total. The molecule has 2 saturated heterocycles. The van der Waals surface area contributed by atoms with Crippen molar-refractivity contribution in [3.63, 3.8) is 0 Å². The summed E-state index contributed by atoms with van der Waals surface area (Å²) in [7, 11) is 4.33. The van der Waals surface area contributed by atoms with Crippen molar-refractivity contribution < 1.29 is 9.53 Å². The molecule has 116 valence electrons. The van der Waals surface area contributed by atoms with Crippen molar-refractivity contribution in [2.24, 2.45) is 5.41 Å². The molecule has 5 atom stereocenters. The van der Waals surface area contributed by atoms with E-state index in [1.165, 1.54) is 25.7 Å². The largest absolute Gasteiger partial charge is 0.466 e. The van der Waals surface area contributed by atoms with Gasteiger partial charge in [0, 0.05) is 6.04 Å². The van der Waals surface area contributed by atoms with Crippen LogP contribution in [-0.4, -0.2) is 54.2 Å². The molecule has 0 radical (unpaired) electrons. The molecule has 2 unspecified atom stereocenters. The summed E-state index contributed by atoms with van der Waals surface area (Å²) >= 11 is 0. The van der Waals surface area contributed by atoms with Crippen LogP contribution in [-0.2, 0) is 9.53 Å². The van der Waals surface area contributed by atoms with Gasteiger partial charge >= 0.3 is 5.97 Å². The highest BCUT2D eigenvalue weighted by Crippen LogP contribution is 2.65. The molecule has 2 aliphatic heterocycles. The van der Waals surface area contributed by atoms with Crippen LogP contribution in [0, 0.1) is 5.41 Å². The highest BCUT2D eigenvalue weighted by Gasteiger charge is 2.83. The average molecular weight is 282 g/mol. The first-order valence-electron chi connectivity index (χ1n) is 7.99. The normalized spacial score (nSPS) is 38.9. The zero-order chi connectivity index (χ0) is 15.1. The lowest BCUT2D eigenvalue weighted by atomic mass is 9.86. The SMILES string of the molecule is CCCCC[C@@H]1N(C)[C@@]12[C@H](C(C)(C)C(=O)OCC)N2C. The number of carbonyl (C=O) groups is 1. The van der Waals surface area contributed by atoms with E-state index >= 15 is 0 Å². The van der Waals surface area contributed by atoms with Crippen molar-refractivity contribution in [1.29, 1.82) is 0 Å². The van der Waals surface area contributed by atoms with E-state index in [1.54, 1.807) is 0 Å². The molecule has 0 saturated carbocycles. The Kier molecular flexibility index (Phi) is 4.18. The monoisotopic (exact) mass is 282 g/mol. The van der Waals surface area contributed by atoms with Gasteiger partial charge in [-0.15, -0.1) is 0 Å². The number of hydrogen-bond donors (Lipinski definition) is 0. The van der Waals surface area contributed by atoms with Gasteiger partial charge in [0.05, 0.1) is 18.1 Å². The van der Waals surface area contributed by atoms with Crippen LogP contribution in [0.5, 0.6) is 0 Å². The number of unbranched alkanes of at least 4 members (excludes halogenated alkanes) is 2. The maximum atomic E-state index is 12.2. The Morgan fingerprint density at radius 2 is 1.85 bits per heavy atom. The predicted molar refractivity (Wildman–Crippen MR) is 80.4 cm³/mol. The number of nitrogens with zero attached hydrogens (tertiary/aromatic N) is 2. The van der Waals surface area contributed by atoms with Crippen LogP contribution in [0.3, 0.4) is 0 Å². The number of likely N-dealkylation sites (N-methyl/N-ethyl adjacent to an activating group) is 2. The van der Waals surface area contributed by atoms with E-state index in [4.69, 9.17) is 4.74 Å². The molecule has 4 heteroatoms. The van der Waals surface area contributed by atoms with Gasteiger partial charge in [-0.05, 0) is 41.3 Å². The van der Waals surface area contributed by atoms with Crippen molar-refractivity contribution in [3.8, 4) is 0 Å². The Balaban J connectivity index is 2.01. The highest BCUT2D eigenvalue weighted by atomic mass is 16.5. The Bertz CT molecular complexity index is 383. The third kappa shape index (κ3) is 2.08. The van der Waals surface area contributed by atoms with Gasteiger partial charge in [-0.25, -0.2) is 0 Å². The van der Waals surface area contributed by atoms with E-state index in [0.29, 0.717) is 12.6 Å². The van der Waals surface area contributed by atoms with Crippen LogP contribution < -0.4 is 0 Å². The first-order chi connectivity index (χ1) is 9.36. The molecule has 0 aromatic rings. The standard InChI is InChI=1S/C16H30N2O2/c1-7-9-10-11-12-16(17(12)5)13(18(16)6)15(3,4)14(19)20-8-2/h12-13H,7-11H2,1-6H3/t12-,13-,16-,17?,18?/m0/s1. The molecule has 0 aliphatic carbocycles. The van der Waals surface area contributed by atoms with Gasteiger partial charge in [0.2, 0.25) is 0 Å². The minimum atomic E-state index is -0.432. The summed E-state index contributed by atoms with van der Waals surface area (Å²) in [5, 5.41) is 0. The van der Waals surface area contributed by atoms with E-state index in [0.717, 1.165) is 0 Å². The minimum Gasteiger partial charge on any atom is -0.466 e. The topological polar surface area (TPSA) is 32.3 Å². The van der Waals surface area contributed by atoms with Crippen molar-refractivity contribution in [1.82, 2.24) is 9.80 Å². The summed E-state index contributed by atoms with van der Waals surface area (Å²) in [6.45, 7) is 8.62. The van der Waals surface area contributed by atoms with E-state index in [-0.39, 0.29) is 17.7 Å².